The maximum atomic E-state index is 12.7. The van der Waals surface area contributed by atoms with Crippen molar-refractivity contribution >= 4 is 33.4 Å². The standard InChI is InChI=1S/C15H19BrClNO/c1-11-6-7-13(14(16)9-11)15(19)18-8-4-2-3-5-12(18)10-17/h6-7,9,12H,2-5,8,10H2,1H3. The summed E-state index contributed by atoms with van der Waals surface area (Å²) in [6.45, 7) is 2.84. The third-order valence-electron chi connectivity index (χ3n) is 3.67. The third kappa shape index (κ3) is 3.51. The molecule has 2 nitrogen and oxygen atoms in total. The van der Waals surface area contributed by atoms with E-state index in [0.29, 0.717) is 5.88 Å². The molecule has 104 valence electrons. The molecule has 0 saturated carbocycles. The normalized spacial score (nSPS) is 20.2. The molecule has 1 aliphatic rings. The van der Waals surface area contributed by atoms with Gasteiger partial charge in [0.05, 0.1) is 5.56 Å². The van der Waals surface area contributed by atoms with E-state index in [0.717, 1.165) is 41.4 Å². The van der Waals surface area contributed by atoms with E-state index >= 15 is 0 Å². The summed E-state index contributed by atoms with van der Waals surface area (Å²) in [5.41, 5.74) is 1.89. The Labute approximate surface area is 128 Å². The lowest BCUT2D eigenvalue weighted by atomic mass is 10.1. The van der Waals surface area contributed by atoms with Gasteiger partial charge in [-0.15, -0.1) is 11.6 Å². The lowest BCUT2D eigenvalue weighted by Crippen LogP contribution is -2.41. The predicted octanol–water partition coefficient (Wildman–Crippen LogP) is 4.38. The molecular formula is C15H19BrClNO. The quantitative estimate of drug-likeness (QED) is 0.729. The van der Waals surface area contributed by atoms with Gasteiger partial charge in [-0.2, -0.15) is 0 Å². The van der Waals surface area contributed by atoms with Crippen molar-refractivity contribution in [2.45, 2.75) is 38.6 Å². The number of rotatable bonds is 2. The molecule has 1 aliphatic heterocycles. The van der Waals surface area contributed by atoms with E-state index in [1.54, 1.807) is 0 Å². The van der Waals surface area contributed by atoms with Crippen molar-refractivity contribution in [3.63, 3.8) is 0 Å². The van der Waals surface area contributed by atoms with Crippen molar-refractivity contribution in [2.24, 2.45) is 0 Å². The van der Waals surface area contributed by atoms with Gasteiger partial charge in [0.1, 0.15) is 0 Å². The molecule has 1 heterocycles. The Hall–Kier alpha value is -0.540. The molecule has 1 unspecified atom stereocenters. The van der Waals surface area contributed by atoms with Gasteiger partial charge in [-0.05, 0) is 53.4 Å². The van der Waals surface area contributed by atoms with Crippen LogP contribution in [0.1, 0.15) is 41.6 Å². The Bertz CT molecular complexity index is 463. The van der Waals surface area contributed by atoms with Gasteiger partial charge in [-0.3, -0.25) is 4.79 Å². The highest BCUT2D eigenvalue weighted by molar-refractivity contribution is 9.10. The van der Waals surface area contributed by atoms with E-state index in [2.05, 4.69) is 15.9 Å². The van der Waals surface area contributed by atoms with Crippen LogP contribution in [-0.2, 0) is 0 Å². The summed E-state index contributed by atoms with van der Waals surface area (Å²) in [6, 6.07) is 6.04. The third-order valence-corrected chi connectivity index (χ3v) is 4.68. The fraction of sp³-hybridized carbons (Fsp3) is 0.533. The number of hydrogen-bond acceptors (Lipinski definition) is 1. The number of amides is 1. The number of likely N-dealkylation sites (tertiary alicyclic amines) is 1. The van der Waals surface area contributed by atoms with Crippen molar-refractivity contribution < 1.29 is 4.79 Å². The highest BCUT2D eigenvalue weighted by Gasteiger charge is 2.26. The van der Waals surface area contributed by atoms with Crippen LogP contribution in [0.5, 0.6) is 0 Å². The Morgan fingerprint density at radius 2 is 2.21 bits per heavy atom. The summed E-state index contributed by atoms with van der Waals surface area (Å²) in [4.78, 5) is 14.6. The maximum absolute atomic E-state index is 12.7. The lowest BCUT2D eigenvalue weighted by molar-refractivity contribution is 0.0699. The number of nitrogens with zero attached hydrogens (tertiary/aromatic N) is 1. The zero-order valence-corrected chi connectivity index (χ0v) is 13.5. The van der Waals surface area contributed by atoms with Crippen molar-refractivity contribution in [3.8, 4) is 0 Å². The highest BCUT2D eigenvalue weighted by Crippen LogP contribution is 2.24. The smallest absolute Gasteiger partial charge is 0.255 e. The van der Waals surface area contributed by atoms with Crippen LogP contribution in [0.4, 0.5) is 0 Å². The number of carbonyl (C=O) groups excluding carboxylic acids is 1. The zero-order valence-electron chi connectivity index (χ0n) is 11.2. The van der Waals surface area contributed by atoms with Gasteiger partial charge in [0.2, 0.25) is 0 Å². The molecule has 19 heavy (non-hydrogen) atoms. The zero-order chi connectivity index (χ0) is 13.8. The molecule has 0 N–H and O–H groups in total. The Morgan fingerprint density at radius 3 is 2.89 bits per heavy atom. The molecule has 1 aromatic carbocycles. The first-order chi connectivity index (χ1) is 9.13. The average molecular weight is 345 g/mol. The average Bonchev–Trinajstić information content (AvgIpc) is 2.63. The first-order valence-corrected chi connectivity index (χ1v) is 8.09. The number of alkyl halides is 1. The summed E-state index contributed by atoms with van der Waals surface area (Å²) in [6.07, 6.45) is 4.43. The van der Waals surface area contributed by atoms with Crippen LogP contribution in [0.2, 0.25) is 0 Å². The summed E-state index contributed by atoms with van der Waals surface area (Å²) in [7, 11) is 0. The van der Waals surface area contributed by atoms with Gasteiger partial charge in [0.15, 0.2) is 0 Å². The molecule has 2 rings (SSSR count). The van der Waals surface area contributed by atoms with E-state index in [4.69, 9.17) is 11.6 Å². The number of carbonyl (C=O) groups is 1. The number of aryl methyl sites for hydroxylation is 1. The number of halogens is 2. The Kier molecular flexibility index (Phi) is 5.28. The van der Waals surface area contributed by atoms with Crippen LogP contribution in [0.25, 0.3) is 0 Å². The Morgan fingerprint density at radius 1 is 1.42 bits per heavy atom. The summed E-state index contributed by atoms with van der Waals surface area (Å²) in [5, 5.41) is 0. The second-order valence-corrected chi connectivity index (χ2v) is 6.30. The Balaban J connectivity index is 2.25. The van der Waals surface area contributed by atoms with E-state index in [9.17, 15) is 4.79 Å². The van der Waals surface area contributed by atoms with Gasteiger partial charge >= 0.3 is 0 Å². The molecule has 1 amide bonds. The summed E-state index contributed by atoms with van der Waals surface area (Å²) in [5.74, 6) is 0.620. The summed E-state index contributed by atoms with van der Waals surface area (Å²) >= 11 is 9.53. The van der Waals surface area contributed by atoms with Crippen molar-refractivity contribution in [1.29, 1.82) is 0 Å². The van der Waals surface area contributed by atoms with E-state index in [-0.39, 0.29) is 11.9 Å². The van der Waals surface area contributed by atoms with Crippen LogP contribution in [0, 0.1) is 6.92 Å². The first-order valence-electron chi connectivity index (χ1n) is 6.76. The van der Waals surface area contributed by atoms with Crippen LogP contribution in [-0.4, -0.2) is 29.3 Å². The van der Waals surface area contributed by atoms with Gasteiger partial charge < -0.3 is 4.90 Å². The van der Waals surface area contributed by atoms with Crippen LogP contribution >= 0.6 is 27.5 Å². The molecule has 0 aromatic heterocycles. The minimum absolute atomic E-state index is 0.0967. The summed E-state index contributed by atoms with van der Waals surface area (Å²) < 4.78 is 0.870. The van der Waals surface area contributed by atoms with Crippen LogP contribution < -0.4 is 0 Å². The van der Waals surface area contributed by atoms with Crippen molar-refractivity contribution in [2.75, 3.05) is 12.4 Å². The first kappa shape index (κ1) is 14.9. The molecule has 0 aliphatic carbocycles. The monoisotopic (exact) mass is 343 g/mol. The molecule has 0 spiro atoms. The fourth-order valence-electron chi connectivity index (χ4n) is 2.55. The molecule has 0 radical (unpaired) electrons. The predicted molar refractivity (Wildman–Crippen MR) is 82.9 cm³/mol. The molecular weight excluding hydrogens is 326 g/mol. The lowest BCUT2D eigenvalue weighted by Gasteiger charge is -2.29. The van der Waals surface area contributed by atoms with E-state index in [1.165, 1.54) is 6.42 Å². The SMILES string of the molecule is Cc1ccc(C(=O)N2CCCCCC2CCl)c(Br)c1. The maximum Gasteiger partial charge on any atom is 0.255 e. The topological polar surface area (TPSA) is 20.3 Å². The highest BCUT2D eigenvalue weighted by atomic mass is 79.9. The van der Waals surface area contributed by atoms with Gasteiger partial charge in [-0.25, -0.2) is 0 Å². The van der Waals surface area contributed by atoms with Gasteiger partial charge in [0, 0.05) is 22.9 Å². The second kappa shape index (κ2) is 6.76. The molecule has 1 atom stereocenters. The largest absolute Gasteiger partial charge is 0.334 e. The van der Waals surface area contributed by atoms with Gasteiger partial charge in [-0.1, -0.05) is 18.9 Å². The van der Waals surface area contributed by atoms with Crippen molar-refractivity contribution in [3.05, 3.63) is 33.8 Å². The van der Waals surface area contributed by atoms with Crippen molar-refractivity contribution in [1.82, 2.24) is 4.90 Å². The second-order valence-electron chi connectivity index (χ2n) is 5.14. The fourth-order valence-corrected chi connectivity index (χ4v) is 3.54. The van der Waals surface area contributed by atoms with Crippen LogP contribution in [0.15, 0.2) is 22.7 Å². The number of hydrogen-bond donors (Lipinski definition) is 0. The molecule has 0 bridgehead atoms. The van der Waals surface area contributed by atoms with Crippen LogP contribution in [0.3, 0.4) is 0 Å². The minimum atomic E-state index is 0.0967. The molecule has 1 aromatic rings. The van der Waals surface area contributed by atoms with Gasteiger partial charge in [0.25, 0.3) is 5.91 Å². The molecule has 1 fully saturated rings. The van der Waals surface area contributed by atoms with E-state index in [1.807, 2.05) is 30.0 Å². The molecule has 4 heteroatoms. The molecule has 1 saturated heterocycles. The van der Waals surface area contributed by atoms with E-state index < -0.39 is 0 Å². The number of benzene rings is 1. The minimum Gasteiger partial charge on any atom is -0.334 e.